The second-order valence-corrected chi connectivity index (χ2v) is 16.5. The van der Waals surface area contributed by atoms with Crippen molar-refractivity contribution in [3.05, 3.63) is 36.5 Å². The lowest BCUT2D eigenvalue weighted by atomic mass is 9.97. The topological polar surface area (TPSA) is 228 Å². The largest absolute Gasteiger partial charge is 0.394 e. The van der Waals surface area contributed by atoms with E-state index in [9.17, 15) is 45.6 Å². The average Bonchev–Trinajstić information content (AvgIpc) is 3.24. The first-order valence-electron chi connectivity index (χ1n) is 23.2. The molecule has 0 aromatic heterocycles. The van der Waals surface area contributed by atoms with Crippen molar-refractivity contribution in [2.24, 2.45) is 0 Å². The van der Waals surface area contributed by atoms with Crippen LogP contribution in [0.2, 0.25) is 0 Å². The predicted molar refractivity (Wildman–Crippen MR) is 231 cm³/mol. The van der Waals surface area contributed by atoms with Crippen LogP contribution >= 0.6 is 0 Å². The number of carbonyl (C=O) groups is 1. The molecule has 0 aromatic carbocycles. The van der Waals surface area contributed by atoms with Gasteiger partial charge in [-0.3, -0.25) is 4.79 Å². The van der Waals surface area contributed by atoms with E-state index in [1.165, 1.54) is 96.3 Å². The molecule has 2 aliphatic rings. The molecule has 0 aliphatic carbocycles. The van der Waals surface area contributed by atoms with Gasteiger partial charge >= 0.3 is 0 Å². The number of allylic oxidation sites excluding steroid dienone is 5. The minimum atomic E-state index is -1.79. The van der Waals surface area contributed by atoms with Gasteiger partial charge in [-0.25, -0.2) is 0 Å². The summed E-state index contributed by atoms with van der Waals surface area (Å²) in [5, 5.41) is 85.5. The van der Waals surface area contributed by atoms with Gasteiger partial charge in [0.2, 0.25) is 5.91 Å². The maximum atomic E-state index is 12.5. The van der Waals surface area contributed by atoms with E-state index in [1.54, 1.807) is 6.08 Å². The van der Waals surface area contributed by atoms with Gasteiger partial charge in [0.1, 0.15) is 48.8 Å². The highest BCUT2D eigenvalue weighted by Gasteiger charge is 2.50. The summed E-state index contributed by atoms with van der Waals surface area (Å²) >= 11 is 0. The molecular formula is C46H83NO13. The summed E-state index contributed by atoms with van der Waals surface area (Å²) in [6.07, 6.45) is 21.2. The monoisotopic (exact) mass is 858 g/mol. The summed E-state index contributed by atoms with van der Waals surface area (Å²) < 4.78 is 22.3. The van der Waals surface area contributed by atoms with Crippen molar-refractivity contribution >= 4 is 5.91 Å². The van der Waals surface area contributed by atoms with E-state index in [-0.39, 0.29) is 18.9 Å². The summed E-state index contributed by atoms with van der Waals surface area (Å²) in [7, 11) is 0. The molecular weight excluding hydrogens is 775 g/mol. The van der Waals surface area contributed by atoms with Gasteiger partial charge in [0.15, 0.2) is 12.6 Å². The Kier molecular flexibility index (Phi) is 30.5. The zero-order chi connectivity index (χ0) is 44.0. The van der Waals surface area contributed by atoms with E-state index >= 15 is 0 Å². The number of ether oxygens (including phenoxy) is 4. The smallest absolute Gasteiger partial charge is 0.220 e. The van der Waals surface area contributed by atoms with Crippen molar-refractivity contribution in [3.8, 4) is 0 Å². The first-order chi connectivity index (χ1) is 29.1. The number of hydrogen-bond donors (Lipinski definition) is 9. The highest BCUT2D eigenvalue weighted by Crippen LogP contribution is 2.30. The van der Waals surface area contributed by atoms with E-state index in [0.717, 1.165) is 25.7 Å². The van der Waals surface area contributed by atoms with Crippen molar-refractivity contribution in [3.63, 3.8) is 0 Å². The van der Waals surface area contributed by atoms with Crippen molar-refractivity contribution in [1.29, 1.82) is 0 Å². The Morgan fingerprint density at radius 3 is 1.60 bits per heavy atom. The van der Waals surface area contributed by atoms with Gasteiger partial charge in [-0.2, -0.15) is 0 Å². The molecule has 2 saturated heterocycles. The van der Waals surface area contributed by atoms with E-state index in [4.69, 9.17) is 18.9 Å². The van der Waals surface area contributed by atoms with Crippen LogP contribution < -0.4 is 5.32 Å². The van der Waals surface area contributed by atoms with Gasteiger partial charge in [-0.05, 0) is 44.9 Å². The molecule has 2 rings (SSSR count). The molecule has 2 fully saturated rings. The molecule has 0 bridgehead atoms. The Bertz CT molecular complexity index is 1150. The summed E-state index contributed by atoms with van der Waals surface area (Å²) in [5.74, 6) is -0.309. The van der Waals surface area contributed by atoms with E-state index in [2.05, 4.69) is 36.5 Å². The van der Waals surface area contributed by atoms with Gasteiger partial charge in [0.25, 0.3) is 0 Å². The Labute approximate surface area is 360 Å². The quantitative estimate of drug-likeness (QED) is 0.0315. The van der Waals surface area contributed by atoms with Gasteiger partial charge in [0, 0.05) is 6.42 Å². The van der Waals surface area contributed by atoms with Gasteiger partial charge in [0.05, 0.1) is 32.0 Å². The molecule has 2 aliphatic heterocycles. The van der Waals surface area contributed by atoms with Crippen LogP contribution in [0.5, 0.6) is 0 Å². The van der Waals surface area contributed by atoms with Crippen LogP contribution in [-0.2, 0) is 23.7 Å². The van der Waals surface area contributed by atoms with Crippen LogP contribution in [0.1, 0.15) is 155 Å². The SMILES string of the molecule is CCCCCCCCCCCCCCCCC/C=C/CC/C=C/CC/C=C/C(O)C(COC1OC(CO)C(OC2OC(CO)C(O)C(O)C2O)C(O)C1O)NC(=O)CCC. The first kappa shape index (κ1) is 54.3. The predicted octanol–water partition coefficient (Wildman–Crippen LogP) is 4.76. The van der Waals surface area contributed by atoms with Gasteiger partial charge < -0.3 is 65.1 Å². The normalized spacial score (nSPS) is 28.6. The number of nitrogens with one attached hydrogen (secondary N) is 1. The molecule has 14 heteroatoms. The number of aliphatic hydroxyl groups excluding tert-OH is 8. The molecule has 9 N–H and O–H groups in total. The lowest BCUT2D eigenvalue weighted by Crippen LogP contribution is -2.65. The molecule has 14 nitrogen and oxygen atoms in total. The van der Waals surface area contributed by atoms with E-state index in [0.29, 0.717) is 12.8 Å². The third kappa shape index (κ3) is 21.5. The van der Waals surface area contributed by atoms with Crippen LogP contribution in [0.15, 0.2) is 36.5 Å². The second kappa shape index (κ2) is 33.7. The Morgan fingerprint density at radius 2 is 1.07 bits per heavy atom. The number of rotatable bonds is 34. The fourth-order valence-corrected chi connectivity index (χ4v) is 7.48. The Hall–Kier alpha value is -1.79. The maximum absolute atomic E-state index is 12.5. The average molecular weight is 858 g/mol. The molecule has 350 valence electrons. The minimum Gasteiger partial charge on any atom is -0.394 e. The standard InChI is InChI=1S/C46H83NO13/c1-3-5-6-7-8-9-10-11-12-13-14-15-16-17-18-19-20-21-22-23-24-25-26-27-28-30-35(50)34(47-38(51)29-4-2)33-57-45-43(56)41(54)44(37(32-49)59-45)60-46-42(55)40(53)39(52)36(31-48)58-46/h20-21,24-25,28,30,34-37,39-46,48-50,52-56H,3-19,22-23,26-27,29,31-33H2,1-2H3,(H,47,51)/b21-20+,25-24+,30-28+. The summed E-state index contributed by atoms with van der Waals surface area (Å²) in [5.41, 5.74) is 0. The zero-order valence-electron chi connectivity index (χ0n) is 36.7. The van der Waals surface area contributed by atoms with Crippen LogP contribution in [0.25, 0.3) is 0 Å². The van der Waals surface area contributed by atoms with Crippen molar-refractivity contribution in [2.45, 2.75) is 229 Å². The van der Waals surface area contributed by atoms with Crippen LogP contribution in [0.4, 0.5) is 0 Å². The first-order valence-corrected chi connectivity index (χ1v) is 23.2. The fraction of sp³-hybridized carbons (Fsp3) is 0.848. The van der Waals surface area contributed by atoms with Crippen molar-refractivity contribution in [1.82, 2.24) is 5.32 Å². The second-order valence-electron chi connectivity index (χ2n) is 16.5. The fourth-order valence-electron chi connectivity index (χ4n) is 7.48. The summed E-state index contributed by atoms with van der Waals surface area (Å²) in [6, 6.07) is -0.930. The number of hydrogen-bond acceptors (Lipinski definition) is 13. The zero-order valence-corrected chi connectivity index (χ0v) is 36.7. The molecule has 1 amide bonds. The molecule has 0 radical (unpaired) electrons. The minimum absolute atomic E-state index is 0.219. The van der Waals surface area contributed by atoms with E-state index < -0.39 is 86.8 Å². The Morgan fingerprint density at radius 1 is 0.583 bits per heavy atom. The molecule has 12 unspecified atom stereocenters. The number of unbranched alkanes of at least 4 members (excludes halogenated alkanes) is 17. The Balaban J connectivity index is 1.67. The summed E-state index contributed by atoms with van der Waals surface area (Å²) in [6.45, 7) is 2.37. The highest BCUT2D eigenvalue weighted by atomic mass is 16.7. The van der Waals surface area contributed by atoms with Crippen LogP contribution in [-0.4, -0.2) is 140 Å². The van der Waals surface area contributed by atoms with Gasteiger partial charge in [-0.1, -0.05) is 140 Å². The molecule has 12 atom stereocenters. The number of aliphatic hydroxyl groups is 8. The van der Waals surface area contributed by atoms with Crippen molar-refractivity contribution in [2.75, 3.05) is 19.8 Å². The van der Waals surface area contributed by atoms with Crippen LogP contribution in [0.3, 0.4) is 0 Å². The lowest BCUT2D eigenvalue weighted by Gasteiger charge is -2.46. The van der Waals surface area contributed by atoms with Crippen LogP contribution in [0, 0.1) is 0 Å². The van der Waals surface area contributed by atoms with E-state index in [1.807, 2.05) is 13.0 Å². The summed E-state index contributed by atoms with van der Waals surface area (Å²) in [4.78, 5) is 12.5. The third-order valence-corrected chi connectivity index (χ3v) is 11.3. The lowest BCUT2D eigenvalue weighted by molar-refractivity contribution is -0.359. The maximum Gasteiger partial charge on any atom is 0.220 e. The van der Waals surface area contributed by atoms with Gasteiger partial charge in [-0.15, -0.1) is 0 Å². The molecule has 0 aromatic rings. The molecule has 60 heavy (non-hydrogen) atoms. The molecule has 2 heterocycles. The highest BCUT2D eigenvalue weighted by molar-refractivity contribution is 5.76. The number of carbonyl (C=O) groups excluding carboxylic acids is 1. The number of amides is 1. The molecule has 0 spiro atoms. The van der Waals surface area contributed by atoms with Crippen molar-refractivity contribution < 1.29 is 64.6 Å². The third-order valence-electron chi connectivity index (χ3n) is 11.3. The molecule has 0 saturated carbocycles.